The Morgan fingerprint density at radius 1 is 1.19 bits per heavy atom. The molecule has 1 saturated heterocycles. The van der Waals surface area contributed by atoms with E-state index in [2.05, 4.69) is 25.3 Å². The quantitative estimate of drug-likeness (QED) is 0.314. The lowest BCUT2D eigenvalue weighted by Crippen LogP contribution is -2.52. The third kappa shape index (κ3) is 8.58. The molecule has 3 rings (SSSR count). The predicted molar refractivity (Wildman–Crippen MR) is 126 cm³/mol. The Bertz CT molecular complexity index is 867. The van der Waals surface area contributed by atoms with Crippen LogP contribution in [-0.2, 0) is 24.4 Å². The molecule has 0 unspecified atom stereocenters. The highest BCUT2D eigenvalue weighted by molar-refractivity contribution is 14.0. The number of aromatic nitrogens is 1. The molecule has 0 saturated carbocycles. The van der Waals surface area contributed by atoms with Gasteiger partial charge in [-0.2, -0.15) is 13.2 Å². The van der Waals surface area contributed by atoms with E-state index in [-0.39, 0.29) is 30.6 Å². The summed E-state index contributed by atoms with van der Waals surface area (Å²) in [6.45, 7) is 5.30. The molecule has 0 amide bonds. The molecule has 0 bridgehead atoms. The zero-order valence-electron chi connectivity index (χ0n) is 18.2. The zero-order valence-corrected chi connectivity index (χ0v) is 20.5. The molecule has 1 aliphatic heterocycles. The van der Waals surface area contributed by atoms with Gasteiger partial charge in [0.05, 0.1) is 12.3 Å². The van der Waals surface area contributed by atoms with Crippen LogP contribution in [0, 0.1) is 6.92 Å². The smallest absolute Gasteiger partial charge is 0.367 e. The number of nitrogens with zero attached hydrogens (tertiary/aromatic N) is 4. The van der Waals surface area contributed by atoms with Crippen LogP contribution in [0.1, 0.15) is 22.6 Å². The van der Waals surface area contributed by atoms with Gasteiger partial charge in [0.2, 0.25) is 0 Å². The molecule has 1 fully saturated rings. The fourth-order valence-corrected chi connectivity index (χ4v) is 3.47. The molecular formula is C21H29F3IN5O2. The lowest BCUT2D eigenvalue weighted by atomic mass is 10.1. The molecule has 32 heavy (non-hydrogen) atoms. The van der Waals surface area contributed by atoms with Crippen LogP contribution in [0.3, 0.4) is 0 Å². The summed E-state index contributed by atoms with van der Waals surface area (Å²) in [4.78, 5) is 8.89. The van der Waals surface area contributed by atoms with Gasteiger partial charge in [-0.25, -0.2) is 0 Å². The largest absolute Gasteiger partial charge is 0.411 e. The number of halogens is 4. The van der Waals surface area contributed by atoms with Crippen molar-refractivity contribution >= 4 is 29.9 Å². The van der Waals surface area contributed by atoms with Gasteiger partial charge in [-0.3, -0.25) is 9.89 Å². The van der Waals surface area contributed by atoms with E-state index in [4.69, 9.17) is 9.26 Å². The Hall–Kier alpha value is -1.86. The number of guanidine groups is 1. The van der Waals surface area contributed by atoms with Crippen molar-refractivity contribution in [2.75, 3.05) is 39.8 Å². The minimum absolute atomic E-state index is 0. The highest BCUT2D eigenvalue weighted by Crippen LogP contribution is 2.16. The zero-order chi connectivity index (χ0) is 22.3. The second kappa shape index (κ2) is 12.4. The molecule has 178 valence electrons. The Balaban J connectivity index is 0.00000363. The number of piperazine rings is 1. The van der Waals surface area contributed by atoms with Gasteiger partial charge in [0.15, 0.2) is 5.96 Å². The maximum Gasteiger partial charge on any atom is 0.411 e. The average molecular weight is 567 g/mol. The van der Waals surface area contributed by atoms with E-state index in [9.17, 15) is 13.2 Å². The van der Waals surface area contributed by atoms with Gasteiger partial charge >= 0.3 is 6.18 Å². The predicted octanol–water partition coefficient (Wildman–Crippen LogP) is 3.57. The van der Waals surface area contributed by atoms with Crippen molar-refractivity contribution in [3.05, 3.63) is 52.9 Å². The molecule has 0 spiro atoms. The third-order valence-electron chi connectivity index (χ3n) is 4.92. The van der Waals surface area contributed by atoms with Crippen molar-refractivity contribution in [2.24, 2.45) is 4.99 Å². The van der Waals surface area contributed by atoms with Gasteiger partial charge in [-0.1, -0.05) is 29.4 Å². The van der Waals surface area contributed by atoms with Crippen LogP contribution in [0.5, 0.6) is 0 Å². The minimum atomic E-state index is -4.32. The number of rotatable bonds is 7. The number of hydrogen-bond acceptors (Lipinski definition) is 5. The summed E-state index contributed by atoms with van der Waals surface area (Å²) >= 11 is 0. The fourth-order valence-electron chi connectivity index (χ4n) is 3.47. The Morgan fingerprint density at radius 3 is 2.53 bits per heavy atom. The Labute approximate surface area is 203 Å². The molecule has 11 heteroatoms. The lowest BCUT2D eigenvalue weighted by Gasteiger charge is -2.36. The van der Waals surface area contributed by atoms with Crippen LogP contribution in [0.2, 0.25) is 0 Å². The molecular weight excluding hydrogens is 538 g/mol. The van der Waals surface area contributed by atoms with E-state index in [1.807, 2.05) is 31.2 Å². The van der Waals surface area contributed by atoms with Gasteiger partial charge < -0.3 is 19.5 Å². The van der Waals surface area contributed by atoms with E-state index in [0.717, 1.165) is 55.7 Å². The van der Waals surface area contributed by atoms with Crippen molar-refractivity contribution in [2.45, 2.75) is 32.8 Å². The minimum Gasteiger partial charge on any atom is -0.367 e. The molecule has 0 aliphatic carbocycles. The van der Waals surface area contributed by atoms with Gasteiger partial charge in [-0.05, 0) is 18.1 Å². The van der Waals surface area contributed by atoms with Crippen LogP contribution in [0.15, 0.2) is 39.8 Å². The maximum absolute atomic E-state index is 12.2. The summed E-state index contributed by atoms with van der Waals surface area (Å²) in [6.07, 6.45) is -4.32. The molecule has 1 aromatic carbocycles. The first-order valence-electron chi connectivity index (χ1n) is 10.1. The lowest BCUT2D eigenvalue weighted by molar-refractivity contribution is -0.176. The third-order valence-corrected chi connectivity index (χ3v) is 4.92. The average Bonchev–Trinajstić information content (AvgIpc) is 3.13. The first kappa shape index (κ1) is 26.4. The van der Waals surface area contributed by atoms with Crippen LogP contribution in [0.25, 0.3) is 0 Å². The van der Waals surface area contributed by atoms with Crippen molar-refractivity contribution in [1.29, 1.82) is 0 Å². The van der Waals surface area contributed by atoms with Gasteiger partial charge in [0.1, 0.15) is 12.4 Å². The van der Waals surface area contributed by atoms with Crippen molar-refractivity contribution in [3.63, 3.8) is 0 Å². The summed E-state index contributed by atoms with van der Waals surface area (Å²) < 4.78 is 46.6. The summed E-state index contributed by atoms with van der Waals surface area (Å²) in [5.41, 5.74) is 2.59. The molecule has 1 N–H and O–H groups in total. The Morgan fingerprint density at radius 2 is 1.91 bits per heavy atom. The van der Waals surface area contributed by atoms with Crippen LogP contribution >= 0.6 is 24.0 Å². The topological polar surface area (TPSA) is 66.1 Å². The first-order valence-corrected chi connectivity index (χ1v) is 10.1. The second-order valence-electron chi connectivity index (χ2n) is 7.52. The Kier molecular flexibility index (Phi) is 10.2. The number of alkyl halides is 3. The van der Waals surface area contributed by atoms with Crippen molar-refractivity contribution in [1.82, 2.24) is 20.3 Å². The molecule has 2 heterocycles. The molecule has 1 aliphatic rings. The number of aryl methyl sites for hydroxylation is 1. The maximum atomic E-state index is 12.2. The van der Waals surface area contributed by atoms with Crippen LogP contribution in [0.4, 0.5) is 13.2 Å². The summed E-state index contributed by atoms with van der Waals surface area (Å²) in [6, 6.07) is 9.29. The normalized spacial score (nSPS) is 15.5. The van der Waals surface area contributed by atoms with E-state index >= 15 is 0 Å². The highest BCUT2D eigenvalue weighted by Gasteiger charge is 2.27. The van der Waals surface area contributed by atoms with E-state index < -0.39 is 12.8 Å². The number of hydrogen-bond donors (Lipinski definition) is 1. The SMILES string of the molecule is CN=C(NCc1cccc(COCC(F)(F)F)c1)N1CCN(Cc2cc(C)on2)CC1.I. The van der Waals surface area contributed by atoms with E-state index in [1.165, 1.54) is 0 Å². The summed E-state index contributed by atoms with van der Waals surface area (Å²) in [5, 5.41) is 7.39. The number of aliphatic imine (C=N–C) groups is 1. The van der Waals surface area contributed by atoms with Gasteiger partial charge in [-0.15, -0.1) is 24.0 Å². The highest BCUT2D eigenvalue weighted by atomic mass is 127. The number of ether oxygens (including phenoxy) is 1. The molecule has 2 aromatic rings. The fraction of sp³-hybridized carbons (Fsp3) is 0.524. The second-order valence-corrected chi connectivity index (χ2v) is 7.52. The summed E-state index contributed by atoms with van der Waals surface area (Å²) in [5.74, 6) is 1.62. The van der Waals surface area contributed by atoms with Crippen molar-refractivity contribution < 1.29 is 22.4 Å². The number of benzene rings is 1. The molecule has 7 nitrogen and oxygen atoms in total. The standard InChI is InChI=1S/C21H28F3N5O2.HI/c1-16-10-19(27-31-16)13-28-6-8-29(9-7-28)20(25-2)26-12-17-4-3-5-18(11-17)14-30-15-21(22,23)24;/h3-5,10-11H,6-9,12-15H2,1-2H3,(H,25,26);1H. The summed E-state index contributed by atoms with van der Waals surface area (Å²) in [7, 11) is 1.74. The van der Waals surface area contributed by atoms with E-state index in [0.29, 0.717) is 12.1 Å². The van der Waals surface area contributed by atoms with Crippen LogP contribution < -0.4 is 5.32 Å². The van der Waals surface area contributed by atoms with Gasteiger partial charge in [0, 0.05) is 52.4 Å². The molecule has 1 aromatic heterocycles. The molecule has 0 radical (unpaired) electrons. The van der Waals surface area contributed by atoms with Crippen LogP contribution in [-0.4, -0.2) is 66.9 Å². The monoisotopic (exact) mass is 567 g/mol. The first-order chi connectivity index (χ1) is 14.8. The van der Waals surface area contributed by atoms with E-state index in [1.54, 1.807) is 13.1 Å². The molecule has 0 atom stereocenters. The van der Waals surface area contributed by atoms with Gasteiger partial charge in [0.25, 0.3) is 0 Å². The van der Waals surface area contributed by atoms with Crippen molar-refractivity contribution in [3.8, 4) is 0 Å². The number of nitrogens with one attached hydrogen (secondary N) is 1.